The molecule has 6 heteroatoms. The summed E-state index contributed by atoms with van der Waals surface area (Å²) in [5, 5.41) is 0. The summed E-state index contributed by atoms with van der Waals surface area (Å²) >= 11 is 0. The molecule has 1 aliphatic rings. The zero-order valence-electron chi connectivity index (χ0n) is 23.7. The number of hydrogen-bond acceptors (Lipinski definition) is 6. The fraction of sp³-hybridized carbons (Fsp3) is 0.581. The highest BCUT2D eigenvalue weighted by Crippen LogP contribution is 2.51. The van der Waals surface area contributed by atoms with Gasteiger partial charge < -0.3 is 14.2 Å². The summed E-state index contributed by atoms with van der Waals surface area (Å²) < 4.78 is 17.4. The zero-order chi connectivity index (χ0) is 27.9. The quantitative estimate of drug-likeness (QED) is 0.134. The monoisotopic (exact) mass is 512 g/mol. The molecule has 0 saturated heterocycles. The van der Waals surface area contributed by atoms with Crippen LogP contribution < -0.4 is 9.47 Å². The topological polar surface area (TPSA) is 78.9 Å². The van der Waals surface area contributed by atoms with Crippen LogP contribution >= 0.6 is 0 Å². The summed E-state index contributed by atoms with van der Waals surface area (Å²) in [6.45, 7) is 20.8. The number of rotatable bonds is 11. The van der Waals surface area contributed by atoms with Crippen molar-refractivity contribution in [3.63, 3.8) is 0 Å². The third-order valence-electron chi connectivity index (χ3n) is 7.25. The Labute approximate surface area is 222 Å². The molecule has 1 aromatic rings. The minimum Gasteiger partial charge on any atom is -0.457 e. The van der Waals surface area contributed by atoms with E-state index in [1.165, 1.54) is 27.2 Å². The molecule has 1 aromatic carbocycles. The van der Waals surface area contributed by atoms with E-state index in [9.17, 15) is 14.4 Å². The molecule has 204 valence electrons. The molecule has 0 amide bonds. The van der Waals surface area contributed by atoms with Gasteiger partial charge in [0.05, 0.1) is 0 Å². The molecule has 2 rings (SSSR count). The standard InChI is InChI=1S/C31H44O6/c1-10-11-12-13-16-31(8,9)24-17-26(35-21(5)32)29(27(18-24)36-22(6)33)28-25(19(2)3)15-14-20(4)30(28)37-23(7)34/h17-18,25,28,30H,2,4,10-16H2,1,3,5-9H3/t25-,28+,30?/m1/s1. The van der Waals surface area contributed by atoms with Crippen molar-refractivity contribution in [3.8, 4) is 11.5 Å². The van der Waals surface area contributed by atoms with Crippen molar-refractivity contribution in [2.75, 3.05) is 0 Å². The third-order valence-corrected chi connectivity index (χ3v) is 7.25. The van der Waals surface area contributed by atoms with E-state index < -0.39 is 29.9 Å². The lowest BCUT2D eigenvalue weighted by molar-refractivity contribution is -0.147. The molecule has 0 radical (unpaired) electrons. The first-order valence-electron chi connectivity index (χ1n) is 13.3. The Kier molecular flexibility index (Phi) is 10.7. The third kappa shape index (κ3) is 8.05. The van der Waals surface area contributed by atoms with Gasteiger partial charge in [-0.15, -0.1) is 0 Å². The molecule has 0 spiro atoms. The van der Waals surface area contributed by atoms with Crippen LogP contribution in [0.5, 0.6) is 11.5 Å². The molecule has 1 aliphatic carbocycles. The normalized spacial score (nSPS) is 19.8. The first-order valence-corrected chi connectivity index (χ1v) is 13.3. The molecule has 0 heterocycles. The fourth-order valence-electron chi connectivity index (χ4n) is 5.31. The highest BCUT2D eigenvalue weighted by molar-refractivity contribution is 5.74. The molecular formula is C31H44O6. The molecule has 1 saturated carbocycles. The second-order valence-electron chi connectivity index (χ2n) is 11.0. The van der Waals surface area contributed by atoms with Gasteiger partial charge in [-0.3, -0.25) is 14.4 Å². The molecule has 0 aromatic heterocycles. The molecule has 0 N–H and O–H groups in total. The lowest BCUT2D eigenvalue weighted by atomic mass is 9.68. The predicted molar refractivity (Wildman–Crippen MR) is 146 cm³/mol. The van der Waals surface area contributed by atoms with Crippen LogP contribution in [0.3, 0.4) is 0 Å². The van der Waals surface area contributed by atoms with E-state index in [1.807, 2.05) is 19.1 Å². The van der Waals surface area contributed by atoms with Crippen LogP contribution in [0, 0.1) is 5.92 Å². The van der Waals surface area contributed by atoms with Crippen LogP contribution in [0.25, 0.3) is 0 Å². The van der Waals surface area contributed by atoms with Crippen LogP contribution in [0.2, 0.25) is 0 Å². The van der Waals surface area contributed by atoms with Crippen molar-refractivity contribution in [2.45, 2.75) is 111 Å². The van der Waals surface area contributed by atoms with Gasteiger partial charge in [0.1, 0.15) is 17.6 Å². The molecule has 1 fully saturated rings. The Morgan fingerprint density at radius 2 is 1.51 bits per heavy atom. The summed E-state index contributed by atoms with van der Waals surface area (Å²) in [4.78, 5) is 36.7. The van der Waals surface area contributed by atoms with Crippen LogP contribution in [0.15, 0.2) is 36.4 Å². The lowest BCUT2D eigenvalue weighted by Gasteiger charge is -2.41. The van der Waals surface area contributed by atoms with Crippen molar-refractivity contribution in [3.05, 3.63) is 47.6 Å². The van der Waals surface area contributed by atoms with Crippen molar-refractivity contribution >= 4 is 17.9 Å². The Morgan fingerprint density at radius 3 is 1.97 bits per heavy atom. The number of ether oxygens (including phenoxy) is 3. The zero-order valence-corrected chi connectivity index (χ0v) is 23.7. The van der Waals surface area contributed by atoms with E-state index in [1.54, 1.807) is 0 Å². The number of allylic oxidation sites excluding steroid dienone is 1. The van der Waals surface area contributed by atoms with Gasteiger partial charge in [0.2, 0.25) is 0 Å². The summed E-state index contributed by atoms with van der Waals surface area (Å²) in [6, 6.07) is 3.75. The summed E-state index contributed by atoms with van der Waals surface area (Å²) in [7, 11) is 0. The number of esters is 3. The Hall–Kier alpha value is -2.89. The Morgan fingerprint density at radius 1 is 0.946 bits per heavy atom. The molecule has 0 bridgehead atoms. The van der Waals surface area contributed by atoms with Gasteiger partial charge in [-0.05, 0) is 60.8 Å². The maximum Gasteiger partial charge on any atom is 0.308 e. The first kappa shape index (κ1) is 30.3. The highest BCUT2D eigenvalue weighted by atomic mass is 16.6. The van der Waals surface area contributed by atoms with Gasteiger partial charge in [-0.1, -0.05) is 65.2 Å². The lowest BCUT2D eigenvalue weighted by Crippen LogP contribution is -2.36. The van der Waals surface area contributed by atoms with Gasteiger partial charge in [0.25, 0.3) is 0 Å². The van der Waals surface area contributed by atoms with E-state index in [2.05, 4.69) is 33.9 Å². The van der Waals surface area contributed by atoms with E-state index >= 15 is 0 Å². The second kappa shape index (κ2) is 13.1. The molecule has 37 heavy (non-hydrogen) atoms. The first-order chi connectivity index (χ1) is 17.3. The smallest absolute Gasteiger partial charge is 0.308 e. The average molecular weight is 513 g/mol. The fourth-order valence-corrected chi connectivity index (χ4v) is 5.31. The predicted octanol–water partition coefficient (Wildman–Crippen LogP) is 7.34. The van der Waals surface area contributed by atoms with Crippen LogP contribution in [0.1, 0.15) is 110 Å². The molecule has 0 aliphatic heterocycles. The van der Waals surface area contributed by atoms with Gasteiger partial charge in [-0.25, -0.2) is 0 Å². The van der Waals surface area contributed by atoms with Gasteiger partial charge in [0, 0.05) is 32.3 Å². The number of unbranched alkanes of at least 4 members (excludes halogenated alkanes) is 3. The number of benzene rings is 1. The largest absolute Gasteiger partial charge is 0.457 e. The molecule has 6 nitrogen and oxygen atoms in total. The molecular weight excluding hydrogens is 468 g/mol. The van der Waals surface area contributed by atoms with Crippen molar-refractivity contribution in [1.29, 1.82) is 0 Å². The SMILES string of the molecule is C=C1CC[C@H](C(=C)C)[C@@H](c2c(OC(C)=O)cc(C(C)(C)CCCCCC)cc2OC(C)=O)C1OC(C)=O. The minimum absolute atomic E-state index is 0.105. The molecule has 3 atom stereocenters. The summed E-state index contributed by atoms with van der Waals surface area (Å²) in [6.07, 6.45) is 6.19. The Balaban J connectivity index is 2.79. The van der Waals surface area contributed by atoms with Gasteiger partial charge >= 0.3 is 17.9 Å². The summed E-state index contributed by atoms with van der Waals surface area (Å²) in [5.74, 6) is -1.38. The average Bonchev–Trinajstić information content (AvgIpc) is 2.77. The van der Waals surface area contributed by atoms with Gasteiger partial charge in [0.15, 0.2) is 0 Å². The van der Waals surface area contributed by atoms with E-state index in [-0.39, 0.29) is 11.3 Å². The van der Waals surface area contributed by atoms with E-state index in [4.69, 9.17) is 14.2 Å². The van der Waals surface area contributed by atoms with Crippen LogP contribution in [-0.4, -0.2) is 24.0 Å². The van der Waals surface area contributed by atoms with Gasteiger partial charge in [-0.2, -0.15) is 0 Å². The van der Waals surface area contributed by atoms with E-state index in [0.717, 1.165) is 48.8 Å². The maximum atomic E-state index is 12.3. The van der Waals surface area contributed by atoms with Crippen molar-refractivity contribution < 1.29 is 28.6 Å². The highest BCUT2D eigenvalue weighted by Gasteiger charge is 2.43. The van der Waals surface area contributed by atoms with E-state index in [0.29, 0.717) is 23.5 Å². The molecule has 1 unspecified atom stereocenters. The van der Waals surface area contributed by atoms with Crippen molar-refractivity contribution in [1.82, 2.24) is 0 Å². The maximum absolute atomic E-state index is 12.3. The number of hydrogen-bond donors (Lipinski definition) is 0. The summed E-state index contributed by atoms with van der Waals surface area (Å²) in [5.41, 5.74) is 2.84. The Bertz CT molecular complexity index is 997. The number of carbonyl (C=O) groups is 3. The minimum atomic E-state index is -0.676. The number of carbonyl (C=O) groups excluding carboxylic acids is 3. The van der Waals surface area contributed by atoms with Crippen molar-refractivity contribution in [2.24, 2.45) is 5.92 Å². The van der Waals surface area contributed by atoms with Crippen LogP contribution in [0.4, 0.5) is 0 Å². The van der Waals surface area contributed by atoms with Crippen LogP contribution in [-0.2, 0) is 24.5 Å². The second-order valence-corrected chi connectivity index (χ2v) is 11.0.